The summed E-state index contributed by atoms with van der Waals surface area (Å²) in [5.41, 5.74) is 11.3. The number of aliphatic carboxylic acids is 5. The third kappa shape index (κ3) is 35.8. The highest BCUT2D eigenvalue weighted by molar-refractivity contribution is 6.02. The van der Waals surface area contributed by atoms with Gasteiger partial charge in [-0.05, 0) is 104 Å². The van der Waals surface area contributed by atoms with Crippen LogP contribution in [0.2, 0.25) is 0 Å². The number of hydrogen-bond acceptors (Lipinski definition) is 32. The molecule has 3 aliphatic heterocycles. The molecular formula is C72H114N20O35. The van der Waals surface area contributed by atoms with Gasteiger partial charge in [-0.25, -0.2) is 4.79 Å². The molecule has 3 aliphatic rings. The number of nitrogens with zero attached hydrogens (tertiary/aromatic N) is 3. The molecule has 31 N–H and O–H groups in total. The lowest BCUT2D eigenvalue weighted by Crippen LogP contribution is -2.61. The molecule has 3 saturated heterocycles. The Morgan fingerprint density at radius 2 is 0.614 bits per heavy atom. The fraction of sp³-hybridized carbons (Fsp3) is 0.681. The van der Waals surface area contributed by atoms with E-state index in [2.05, 4.69) is 69.1 Å². The van der Waals surface area contributed by atoms with E-state index in [0.717, 1.165) is 28.5 Å². The van der Waals surface area contributed by atoms with E-state index >= 15 is 0 Å². The first kappa shape index (κ1) is 109. The number of carboxylic acid groups (broad SMARTS) is 5. The SMILES string of the molecule is C[C@H](NC(=O)[C@H](CCCCN)NC(=O)[C@H](CO)NC(=O)[C@@H](N)CCC(=O)O)C(=O)N[C@@H](CO)C(=O)N[C@@H](CO)C(=O)N[C@@H](C)C(=O)N1CCC[C@H]1C(=O)N[C@@H](CO)C(=O)N1CCC[C@H]1C(=O)N[C@@H](CO)C(=O)N[C@@H](CO)C(=O)N[C@@H](CCC(=O)O)C(=O)N1CCC[C@H]1C(=O)N[C@@H](CCC(=O)O)C(=O)N[C@@H](CCC(=O)O)C(=O)NCC(=O)NCC(=O)N[C@@H](CO)C(=O)O. The number of amides is 18. The molecule has 0 aromatic heterocycles. The van der Waals surface area contributed by atoms with Gasteiger partial charge >= 0.3 is 29.8 Å². The van der Waals surface area contributed by atoms with Crippen LogP contribution in [0.3, 0.4) is 0 Å². The minimum atomic E-state index is -2.07. The van der Waals surface area contributed by atoms with Gasteiger partial charge in [0.05, 0.1) is 65.4 Å². The lowest BCUT2D eigenvalue weighted by atomic mass is 10.1. The molecule has 3 fully saturated rings. The number of nitrogens with two attached hydrogens (primary N) is 2. The summed E-state index contributed by atoms with van der Waals surface area (Å²) in [6.07, 6.45) is -4.97. The molecule has 0 saturated carbocycles. The first-order chi connectivity index (χ1) is 60.0. The number of likely N-dealkylation sites (tertiary alicyclic amines) is 3. The quantitative estimate of drug-likeness (QED) is 0.0251. The van der Waals surface area contributed by atoms with Gasteiger partial charge < -0.3 is 167 Å². The maximum atomic E-state index is 14.4. The number of carbonyl (C=O) groups excluding carboxylic acids is 18. The maximum absolute atomic E-state index is 14.4. The summed E-state index contributed by atoms with van der Waals surface area (Å²) in [6.45, 7) is -7.81. The first-order valence-electron chi connectivity index (χ1n) is 40.2. The van der Waals surface area contributed by atoms with E-state index in [9.17, 15) is 156 Å². The Kier molecular flexibility index (Phi) is 47.1. The summed E-state index contributed by atoms with van der Waals surface area (Å²) in [5, 5.41) is 150. The molecule has 0 radical (unpaired) electrons. The summed E-state index contributed by atoms with van der Waals surface area (Å²) >= 11 is 0. The zero-order valence-electron chi connectivity index (χ0n) is 69.3. The van der Waals surface area contributed by atoms with Crippen LogP contribution in [0.15, 0.2) is 0 Å². The van der Waals surface area contributed by atoms with Gasteiger partial charge in [0.1, 0.15) is 96.7 Å². The molecule has 55 nitrogen and oxygen atoms in total. The lowest BCUT2D eigenvalue weighted by molar-refractivity contribution is -0.145. The zero-order chi connectivity index (χ0) is 95.6. The molecule has 0 aromatic rings. The van der Waals surface area contributed by atoms with Gasteiger partial charge in [0.15, 0.2) is 0 Å². The molecule has 0 spiro atoms. The van der Waals surface area contributed by atoms with Crippen molar-refractivity contribution < 1.29 is 172 Å². The lowest BCUT2D eigenvalue weighted by Gasteiger charge is -2.31. The number of unbranched alkanes of at least 4 members (excludes halogenated alkanes) is 1. The van der Waals surface area contributed by atoms with E-state index in [-0.39, 0.29) is 84.0 Å². The predicted molar refractivity (Wildman–Crippen MR) is 422 cm³/mol. The van der Waals surface area contributed by atoms with Crippen LogP contribution >= 0.6 is 0 Å². The van der Waals surface area contributed by atoms with Crippen LogP contribution in [-0.2, 0) is 110 Å². The number of carbonyl (C=O) groups is 23. The monoisotopic (exact) mass is 1820 g/mol. The van der Waals surface area contributed by atoms with Crippen LogP contribution in [0.5, 0.6) is 0 Å². The number of aliphatic hydroxyl groups excluding tert-OH is 7. The fourth-order valence-electron chi connectivity index (χ4n) is 12.9. The van der Waals surface area contributed by atoms with Gasteiger partial charge in [0.2, 0.25) is 106 Å². The molecule has 17 atom stereocenters. The summed E-state index contributed by atoms with van der Waals surface area (Å²) in [7, 11) is 0. The first-order valence-corrected chi connectivity index (χ1v) is 40.2. The van der Waals surface area contributed by atoms with Crippen molar-refractivity contribution in [1.29, 1.82) is 0 Å². The van der Waals surface area contributed by atoms with Crippen LogP contribution in [0, 0.1) is 0 Å². The molecule has 55 heteroatoms. The van der Waals surface area contributed by atoms with Crippen molar-refractivity contribution in [2.75, 3.05) is 85.5 Å². The zero-order valence-corrected chi connectivity index (χ0v) is 69.3. The van der Waals surface area contributed by atoms with Crippen LogP contribution in [0.1, 0.15) is 123 Å². The van der Waals surface area contributed by atoms with E-state index in [1.54, 1.807) is 0 Å². The van der Waals surface area contributed by atoms with Crippen molar-refractivity contribution in [3.63, 3.8) is 0 Å². The Morgan fingerprint density at radius 1 is 0.307 bits per heavy atom. The molecule has 127 heavy (non-hydrogen) atoms. The molecule has 712 valence electrons. The van der Waals surface area contributed by atoms with Gasteiger partial charge in [0, 0.05) is 45.3 Å². The number of aliphatic hydroxyl groups is 7. The second-order valence-electron chi connectivity index (χ2n) is 29.5. The van der Waals surface area contributed by atoms with Gasteiger partial charge in [-0.3, -0.25) is 105 Å². The molecule has 3 rings (SSSR count). The summed E-state index contributed by atoms with van der Waals surface area (Å²) in [6, 6.07) is -28.9. The van der Waals surface area contributed by atoms with Gasteiger partial charge in [-0.2, -0.15) is 0 Å². The third-order valence-corrected chi connectivity index (χ3v) is 20.0. The average molecular weight is 1820 g/mol. The Labute approximate surface area is 722 Å². The normalized spacial score (nSPS) is 17.9. The number of nitrogens with one attached hydrogen (secondary N) is 15. The number of rotatable bonds is 57. The van der Waals surface area contributed by atoms with Crippen LogP contribution in [0.25, 0.3) is 0 Å². The molecule has 0 aromatic carbocycles. The Morgan fingerprint density at radius 3 is 1.03 bits per heavy atom. The Hall–Kier alpha value is -12.5. The summed E-state index contributed by atoms with van der Waals surface area (Å²) in [5.74, 6) is -27.8. The van der Waals surface area contributed by atoms with Gasteiger partial charge in [0.25, 0.3) is 0 Å². The van der Waals surface area contributed by atoms with E-state index in [1.807, 2.05) is 10.6 Å². The van der Waals surface area contributed by atoms with E-state index in [4.69, 9.17) is 26.8 Å². The minimum Gasteiger partial charge on any atom is -0.481 e. The molecular weight excluding hydrogens is 1700 g/mol. The minimum absolute atomic E-state index is 0.0308. The molecule has 18 amide bonds. The van der Waals surface area contributed by atoms with E-state index < -0.39 is 343 Å². The molecule has 0 unspecified atom stereocenters. The average Bonchev–Trinajstić information content (AvgIpc) is 1.56. The topological polar surface area (TPSA) is 878 Å². The highest BCUT2D eigenvalue weighted by Gasteiger charge is 2.45. The van der Waals surface area contributed by atoms with Crippen molar-refractivity contribution in [3.05, 3.63) is 0 Å². The van der Waals surface area contributed by atoms with Crippen molar-refractivity contribution >= 4 is 136 Å². The van der Waals surface area contributed by atoms with Crippen LogP contribution in [0.4, 0.5) is 0 Å². The number of carboxylic acids is 5. The largest absolute Gasteiger partial charge is 0.481 e. The highest BCUT2D eigenvalue weighted by atomic mass is 16.4. The van der Waals surface area contributed by atoms with E-state index in [0.29, 0.717) is 6.42 Å². The second-order valence-corrected chi connectivity index (χ2v) is 29.5. The van der Waals surface area contributed by atoms with Crippen molar-refractivity contribution in [2.24, 2.45) is 11.5 Å². The van der Waals surface area contributed by atoms with Crippen molar-refractivity contribution in [2.45, 2.75) is 226 Å². The highest BCUT2D eigenvalue weighted by Crippen LogP contribution is 2.24. The van der Waals surface area contributed by atoms with Gasteiger partial charge in [-0.15, -0.1) is 0 Å². The molecule has 0 bridgehead atoms. The Bertz CT molecular complexity index is 3940. The summed E-state index contributed by atoms with van der Waals surface area (Å²) < 4.78 is 0. The predicted octanol–water partition coefficient (Wildman–Crippen LogP) is -16.5. The van der Waals surface area contributed by atoms with Crippen LogP contribution < -0.4 is 91.2 Å². The summed E-state index contributed by atoms with van der Waals surface area (Å²) in [4.78, 5) is 303. The standard InChI is InChI=1S/C72H114N20O35/c1-33(77-59(113)36(8-3-4-20-73)80-62(116)42(28-95)85-57(111)35(74)12-16-52(102)103)56(110)84-41(27-94)64(118)86-40(26-93)61(115)78-34(2)69(123)90-21-5-9-47(90)68(122)89-45(31-98)71(125)92-23-7-11-49(92)67(121)88-44(30-97)65(119)87-43(29-96)63(117)83-39(15-19-55(108)109)70(124)91-22-6-10-48(91)66(120)82-38(14-18-54(106)107)60(114)81-37(13-17-53(104)105)58(112)76-24-50(100)75-25-51(101)79-46(32-99)72(126)127/h33-49,93-99H,3-32,73-74H2,1-2H3,(H,75,100)(H,76,112)(H,77,113)(H,78,115)(H,79,101)(H,80,116)(H,81,114)(H,82,120)(H,83,117)(H,84,110)(H,85,111)(H,86,118)(H,87,119)(H,88,121)(H,89,122)(H,102,103)(H,104,105)(H,106,107)(H,108,109)(H,126,127)/t33-,34-,35-,36-,37-,38-,39-,40-,41-,42-,43-,44-,45-,46-,47-,48-,49-/m0/s1. The second kappa shape index (κ2) is 55.0. The Balaban J connectivity index is 1.67. The smallest absolute Gasteiger partial charge is 0.328 e. The molecule has 0 aliphatic carbocycles. The third-order valence-electron chi connectivity index (χ3n) is 20.0. The number of hydrogen-bond donors (Lipinski definition) is 29. The fourth-order valence-corrected chi connectivity index (χ4v) is 12.9. The van der Waals surface area contributed by atoms with E-state index in [1.165, 1.54) is 0 Å². The molecule has 3 heterocycles. The van der Waals surface area contributed by atoms with Crippen molar-refractivity contribution in [3.8, 4) is 0 Å². The van der Waals surface area contributed by atoms with Crippen molar-refractivity contribution in [1.82, 2.24) is 94.5 Å². The maximum Gasteiger partial charge on any atom is 0.328 e. The van der Waals surface area contributed by atoms with Gasteiger partial charge in [-0.1, -0.05) is 0 Å². The van der Waals surface area contributed by atoms with Crippen LogP contribution in [-0.4, -0.2) is 400 Å².